The quantitative estimate of drug-likeness (QED) is 0.383. The summed E-state index contributed by atoms with van der Waals surface area (Å²) in [6.07, 6.45) is -1.61. The average molecular weight is 436 g/mol. The summed E-state index contributed by atoms with van der Waals surface area (Å²) in [6.45, 7) is 1.78. The molecule has 1 aliphatic rings. The van der Waals surface area contributed by atoms with Gasteiger partial charge in [-0.25, -0.2) is 0 Å². The molecule has 6 nitrogen and oxygen atoms in total. The normalized spacial score (nSPS) is 28.9. The Hall–Kier alpha value is -1.51. The van der Waals surface area contributed by atoms with Gasteiger partial charge in [0.15, 0.2) is 5.72 Å². The van der Waals surface area contributed by atoms with E-state index in [1.54, 1.807) is 30.3 Å². The smallest absolute Gasteiger partial charge is 0.167 e. The van der Waals surface area contributed by atoms with Crippen LogP contribution in [0.3, 0.4) is 0 Å². The minimum atomic E-state index is -1.86. The van der Waals surface area contributed by atoms with Gasteiger partial charge in [0.2, 0.25) is 0 Å². The lowest BCUT2D eigenvalue weighted by atomic mass is 9.72. The van der Waals surface area contributed by atoms with Crippen LogP contribution < -0.4 is 5.73 Å². The summed E-state index contributed by atoms with van der Waals surface area (Å²) in [5.74, 6) is -1.13. The fourth-order valence-electron chi connectivity index (χ4n) is 4.27. The first-order valence-electron chi connectivity index (χ1n) is 10.3. The van der Waals surface area contributed by atoms with E-state index in [2.05, 4.69) is 6.92 Å². The van der Waals surface area contributed by atoms with Crippen LogP contribution in [0.25, 0.3) is 0 Å². The molecule has 2 aromatic carbocycles. The summed E-state index contributed by atoms with van der Waals surface area (Å²) in [4.78, 5) is 0. The van der Waals surface area contributed by atoms with Gasteiger partial charge in [0.05, 0.1) is 12.2 Å². The molecule has 0 bridgehead atoms. The van der Waals surface area contributed by atoms with Crippen molar-refractivity contribution in [2.45, 2.75) is 56.1 Å². The summed E-state index contributed by atoms with van der Waals surface area (Å²) in [7, 11) is 0. The number of aryl methyl sites for hydroxylation is 1. The van der Waals surface area contributed by atoms with Crippen LogP contribution in [0.1, 0.15) is 47.9 Å². The molecule has 0 amide bonds. The van der Waals surface area contributed by atoms with Gasteiger partial charge < -0.3 is 25.5 Å². The summed E-state index contributed by atoms with van der Waals surface area (Å²) in [5, 5.41) is 51.7. The minimum Gasteiger partial charge on any atom is -0.396 e. The van der Waals surface area contributed by atoms with Crippen molar-refractivity contribution in [2.24, 2.45) is 11.7 Å². The van der Waals surface area contributed by atoms with Crippen molar-refractivity contribution in [3.63, 3.8) is 0 Å². The van der Waals surface area contributed by atoms with E-state index >= 15 is 0 Å². The maximum Gasteiger partial charge on any atom is 0.167 e. The molecule has 1 aliphatic carbocycles. The third kappa shape index (κ3) is 4.41. The van der Waals surface area contributed by atoms with Crippen molar-refractivity contribution in [1.82, 2.24) is 0 Å². The molecule has 1 fully saturated rings. The third-order valence-electron chi connectivity index (χ3n) is 6.15. The molecular weight excluding hydrogens is 406 g/mol. The van der Waals surface area contributed by atoms with Crippen molar-refractivity contribution in [3.8, 4) is 0 Å². The van der Waals surface area contributed by atoms with Gasteiger partial charge in [0.1, 0.15) is 6.10 Å². The molecule has 0 spiro atoms. The van der Waals surface area contributed by atoms with E-state index in [1.165, 1.54) is 0 Å². The second-order valence-electron chi connectivity index (χ2n) is 8.21. The van der Waals surface area contributed by atoms with Crippen LogP contribution >= 0.6 is 11.6 Å². The Labute approximate surface area is 181 Å². The van der Waals surface area contributed by atoms with E-state index in [1.807, 2.05) is 12.1 Å². The maximum absolute atomic E-state index is 11.1. The highest BCUT2D eigenvalue weighted by Gasteiger charge is 2.43. The molecule has 30 heavy (non-hydrogen) atoms. The van der Waals surface area contributed by atoms with Crippen LogP contribution in [0.5, 0.6) is 0 Å². The van der Waals surface area contributed by atoms with Gasteiger partial charge >= 0.3 is 0 Å². The Bertz CT molecular complexity index is 855. The highest BCUT2D eigenvalue weighted by atomic mass is 35.5. The number of hydrogen-bond donors (Lipinski definition) is 6. The number of rotatable bonds is 6. The lowest BCUT2D eigenvalue weighted by molar-refractivity contribution is -0.127. The second-order valence-corrected chi connectivity index (χ2v) is 8.62. The van der Waals surface area contributed by atoms with E-state index < -0.39 is 35.9 Å². The van der Waals surface area contributed by atoms with E-state index in [0.29, 0.717) is 11.1 Å². The molecule has 1 saturated carbocycles. The number of aliphatic hydroxyl groups is 5. The van der Waals surface area contributed by atoms with E-state index in [-0.39, 0.29) is 23.6 Å². The summed E-state index contributed by atoms with van der Waals surface area (Å²) in [6, 6.07) is 12.3. The zero-order chi connectivity index (χ0) is 22.1. The molecule has 0 aromatic heterocycles. The number of aliphatic hydroxyl groups excluding tert-OH is 4. The van der Waals surface area contributed by atoms with Crippen LogP contribution in [0.15, 0.2) is 42.5 Å². The molecule has 2 aromatic rings. The third-order valence-corrected chi connectivity index (χ3v) is 6.48. The van der Waals surface area contributed by atoms with Crippen LogP contribution in [0, 0.1) is 5.92 Å². The van der Waals surface area contributed by atoms with Crippen molar-refractivity contribution in [3.05, 3.63) is 69.7 Å². The van der Waals surface area contributed by atoms with Crippen LogP contribution in [0.2, 0.25) is 5.02 Å². The van der Waals surface area contributed by atoms with E-state index in [0.717, 1.165) is 18.4 Å². The second kappa shape index (κ2) is 9.32. The van der Waals surface area contributed by atoms with Crippen LogP contribution in [-0.2, 0) is 12.1 Å². The predicted octanol–water partition coefficient (Wildman–Crippen LogP) is 1.62. The summed E-state index contributed by atoms with van der Waals surface area (Å²) >= 11 is 6.36. The molecule has 7 heteroatoms. The van der Waals surface area contributed by atoms with Crippen molar-refractivity contribution in [2.75, 3.05) is 6.61 Å². The molecule has 0 heterocycles. The zero-order valence-corrected chi connectivity index (χ0v) is 17.7. The molecule has 7 N–H and O–H groups in total. The van der Waals surface area contributed by atoms with Gasteiger partial charge in [-0.1, -0.05) is 55.3 Å². The largest absolute Gasteiger partial charge is 0.396 e. The zero-order valence-electron chi connectivity index (χ0n) is 16.9. The first-order chi connectivity index (χ1) is 14.2. The Morgan fingerprint density at radius 1 is 1.03 bits per heavy atom. The number of nitrogens with two attached hydrogens (primary N) is 1. The molecule has 6 unspecified atom stereocenters. The summed E-state index contributed by atoms with van der Waals surface area (Å²) < 4.78 is 0. The van der Waals surface area contributed by atoms with Gasteiger partial charge in [0, 0.05) is 34.6 Å². The Morgan fingerprint density at radius 2 is 1.70 bits per heavy atom. The Balaban J connectivity index is 1.96. The minimum absolute atomic E-state index is 0.269. The SMILES string of the molecule is CCCc1ccc(C(N)(O)c2cc(C3CC(CO)C(O)C(O)C3O)ccc2Cl)cc1. The van der Waals surface area contributed by atoms with Crippen LogP contribution in [0.4, 0.5) is 0 Å². The van der Waals surface area contributed by atoms with Crippen LogP contribution in [-0.4, -0.2) is 50.5 Å². The molecular formula is C23H30ClNO5. The van der Waals surface area contributed by atoms with E-state index in [9.17, 15) is 25.5 Å². The first kappa shape index (κ1) is 23.2. The average Bonchev–Trinajstić information content (AvgIpc) is 2.73. The molecule has 0 saturated heterocycles. The van der Waals surface area contributed by atoms with Gasteiger partial charge in [-0.3, -0.25) is 5.73 Å². The maximum atomic E-state index is 11.1. The summed E-state index contributed by atoms with van der Waals surface area (Å²) in [5.41, 5.74) is 6.95. The monoisotopic (exact) mass is 435 g/mol. The lowest BCUT2D eigenvalue weighted by Crippen LogP contribution is -2.51. The molecule has 0 radical (unpaired) electrons. The van der Waals surface area contributed by atoms with E-state index in [4.69, 9.17) is 17.3 Å². The topological polar surface area (TPSA) is 127 Å². The van der Waals surface area contributed by atoms with Crippen molar-refractivity contribution < 1.29 is 25.5 Å². The molecule has 6 atom stereocenters. The molecule has 3 rings (SSSR count). The number of halogens is 1. The number of benzene rings is 2. The number of hydrogen-bond acceptors (Lipinski definition) is 6. The van der Waals surface area contributed by atoms with Gasteiger partial charge in [-0.15, -0.1) is 0 Å². The highest BCUT2D eigenvalue weighted by Crippen LogP contribution is 2.40. The Morgan fingerprint density at radius 3 is 2.30 bits per heavy atom. The van der Waals surface area contributed by atoms with Crippen molar-refractivity contribution >= 4 is 11.6 Å². The Kier molecular flexibility index (Phi) is 7.20. The van der Waals surface area contributed by atoms with Crippen molar-refractivity contribution in [1.29, 1.82) is 0 Å². The lowest BCUT2D eigenvalue weighted by Gasteiger charge is -2.40. The van der Waals surface area contributed by atoms with Gasteiger partial charge in [-0.2, -0.15) is 0 Å². The fourth-order valence-corrected chi connectivity index (χ4v) is 4.54. The van der Waals surface area contributed by atoms with Gasteiger partial charge in [0.25, 0.3) is 0 Å². The molecule has 0 aliphatic heterocycles. The standard InChI is InChI=1S/C23H30ClNO5/c1-2-3-13-4-7-16(8-5-13)23(25,30)18-11-14(6-9-19(18)24)17-10-15(12-26)20(27)22(29)21(17)28/h4-9,11,15,17,20-22,26-30H,2-3,10,12,25H2,1H3. The first-order valence-corrected chi connectivity index (χ1v) is 10.6. The molecule has 164 valence electrons. The van der Waals surface area contributed by atoms with Gasteiger partial charge in [-0.05, 0) is 36.1 Å². The highest BCUT2D eigenvalue weighted by molar-refractivity contribution is 6.31. The fraction of sp³-hybridized carbons (Fsp3) is 0.478. The predicted molar refractivity (Wildman–Crippen MR) is 115 cm³/mol.